The minimum Gasteiger partial charge on any atom is -0.481 e. The van der Waals surface area contributed by atoms with E-state index in [4.69, 9.17) is 11.6 Å². The summed E-state index contributed by atoms with van der Waals surface area (Å²) >= 11 is 5.68. The van der Waals surface area contributed by atoms with Gasteiger partial charge in [-0.25, -0.2) is 4.98 Å². The number of halogens is 1. The quantitative estimate of drug-likeness (QED) is 0.840. The molecule has 0 aromatic carbocycles. The zero-order chi connectivity index (χ0) is 14.5. The number of carboxylic acids is 1. The second kappa shape index (κ2) is 6.52. The van der Waals surface area contributed by atoms with Crippen molar-refractivity contribution in [3.63, 3.8) is 0 Å². The molecule has 1 amide bonds. The molecule has 1 rings (SSSR count). The first-order chi connectivity index (χ1) is 8.95. The molecule has 0 atom stereocenters. The summed E-state index contributed by atoms with van der Waals surface area (Å²) in [5.41, 5.74) is -0.710. The van der Waals surface area contributed by atoms with Crippen molar-refractivity contribution in [3.8, 4) is 0 Å². The molecule has 1 heterocycles. The highest BCUT2D eigenvalue weighted by Crippen LogP contribution is 2.25. The van der Waals surface area contributed by atoms with Gasteiger partial charge in [-0.2, -0.15) is 0 Å². The van der Waals surface area contributed by atoms with Gasteiger partial charge >= 0.3 is 5.97 Å². The van der Waals surface area contributed by atoms with Crippen LogP contribution in [0.5, 0.6) is 0 Å². The molecule has 0 spiro atoms. The number of nitrogens with zero attached hydrogens (tertiary/aromatic N) is 1. The Morgan fingerprint density at radius 3 is 2.42 bits per heavy atom. The van der Waals surface area contributed by atoms with E-state index >= 15 is 0 Å². The minimum atomic E-state index is -0.928. The van der Waals surface area contributed by atoms with Crippen molar-refractivity contribution < 1.29 is 14.7 Å². The fourth-order valence-corrected chi connectivity index (χ4v) is 1.84. The first-order valence-corrected chi connectivity index (χ1v) is 6.46. The van der Waals surface area contributed by atoms with Crippen LogP contribution in [0.25, 0.3) is 0 Å². The van der Waals surface area contributed by atoms with Crippen LogP contribution in [-0.2, 0) is 4.79 Å². The number of carbonyl (C=O) groups is 2. The third kappa shape index (κ3) is 3.67. The molecule has 1 aromatic rings. The number of hydrogen-bond acceptors (Lipinski definition) is 3. The number of pyridine rings is 1. The Morgan fingerprint density at radius 1 is 1.37 bits per heavy atom. The lowest BCUT2D eigenvalue weighted by Gasteiger charge is -2.26. The van der Waals surface area contributed by atoms with E-state index < -0.39 is 17.3 Å². The van der Waals surface area contributed by atoms with Gasteiger partial charge in [-0.05, 0) is 25.0 Å². The van der Waals surface area contributed by atoms with Gasteiger partial charge in [0.1, 0.15) is 5.69 Å². The average Bonchev–Trinajstić information content (AvgIpc) is 2.40. The van der Waals surface area contributed by atoms with E-state index in [-0.39, 0.29) is 12.2 Å². The largest absolute Gasteiger partial charge is 0.481 e. The van der Waals surface area contributed by atoms with Gasteiger partial charge in [0.05, 0.1) is 10.4 Å². The van der Waals surface area contributed by atoms with Crippen LogP contribution in [0.15, 0.2) is 18.3 Å². The van der Waals surface area contributed by atoms with E-state index in [1.165, 1.54) is 12.3 Å². The summed E-state index contributed by atoms with van der Waals surface area (Å²) in [6.07, 6.45) is 2.28. The van der Waals surface area contributed by atoms with Gasteiger partial charge in [-0.1, -0.05) is 25.4 Å². The van der Waals surface area contributed by atoms with Crippen molar-refractivity contribution in [3.05, 3.63) is 29.0 Å². The van der Waals surface area contributed by atoms with Crippen molar-refractivity contribution in [1.82, 2.24) is 10.3 Å². The van der Waals surface area contributed by atoms with Crippen LogP contribution in [0, 0.1) is 5.41 Å². The molecule has 0 unspecified atom stereocenters. The molecule has 0 fully saturated rings. The lowest BCUT2D eigenvalue weighted by molar-refractivity contribution is -0.149. The Kier molecular flexibility index (Phi) is 5.30. The third-order valence-electron chi connectivity index (χ3n) is 3.35. The summed E-state index contributed by atoms with van der Waals surface area (Å²) in [6.45, 7) is 3.67. The molecule has 104 valence electrons. The van der Waals surface area contributed by atoms with Crippen LogP contribution < -0.4 is 5.32 Å². The predicted molar refractivity (Wildman–Crippen MR) is 72.2 cm³/mol. The molecule has 0 saturated carbocycles. The van der Waals surface area contributed by atoms with E-state index in [0.29, 0.717) is 17.9 Å². The highest BCUT2D eigenvalue weighted by Gasteiger charge is 2.35. The lowest BCUT2D eigenvalue weighted by Crippen LogP contribution is -2.42. The first kappa shape index (κ1) is 15.4. The Morgan fingerprint density at radius 2 is 2.00 bits per heavy atom. The summed E-state index contributed by atoms with van der Waals surface area (Å²) in [4.78, 5) is 27.0. The van der Waals surface area contributed by atoms with Gasteiger partial charge in [0.15, 0.2) is 0 Å². The molecule has 2 N–H and O–H groups in total. The highest BCUT2D eigenvalue weighted by atomic mass is 35.5. The predicted octanol–water partition coefficient (Wildman–Crippen LogP) is 2.36. The molecule has 0 saturated heterocycles. The Balaban J connectivity index is 2.72. The molecule has 0 aliphatic heterocycles. The van der Waals surface area contributed by atoms with E-state index in [0.717, 1.165) is 0 Å². The maximum atomic E-state index is 11.8. The number of aliphatic carboxylic acids is 1. The van der Waals surface area contributed by atoms with E-state index in [1.807, 2.05) is 0 Å². The molecule has 0 aliphatic rings. The monoisotopic (exact) mass is 284 g/mol. The molecular weight excluding hydrogens is 268 g/mol. The first-order valence-electron chi connectivity index (χ1n) is 6.08. The number of nitrogens with one attached hydrogen (secondary N) is 1. The summed E-state index contributed by atoms with van der Waals surface area (Å²) in [7, 11) is 0. The van der Waals surface area contributed by atoms with Gasteiger partial charge in [0.2, 0.25) is 0 Å². The maximum absolute atomic E-state index is 11.8. The Bertz CT molecular complexity index is 455. The van der Waals surface area contributed by atoms with Crippen LogP contribution >= 0.6 is 11.6 Å². The zero-order valence-electron chi connectivity index (χ0n) is 10.9. The molecule has 0 bridgehead atoms. The number of carboxylic acid groups (broad SMARTS) is 1. The fraction of sp³-hybridized carbons (Fsp3) is 0.462. The van der Waals surface area contributed by atoms with Crippen molar-refractivity contribution in [2.24, 2.45) is 5.41 Å². The third-order valence-corrected chi connectivity index (χ3v) is 3.58. The van der Waals surface area contributed by atoms with Gasteiger partial charge in [-0.15, -0.1) is 0 Å². The summed E-state index contributed by atoms with van der Waals surface area (Å²) in [5.74, 6) is -1.30. The van der Waals surface area contributed by atoms with Crippen molar-refractivity contribution in [2.75, 3.05) is 6.54 Å². The molecule has 19 heavy (non-hydrogen) atoms. The maximum Gasteiger partial charge on any atom is 0.311 e. The smallest absolute Gasteiger partial charge is 0.311 e. The highest BCUT2D eigenvalue weighted by molar-refractivity contribution is 6.30. The van der Waals surface area contributed by atoms with Crippen LogP contribution in [0.1, 0.15) is 37.2 Å². The molecule has 1 aromatic heterocycles. The van der Waals surface area contributed by atoms with E-state index in [9.17, 15) is 14.7 Å². The van der Waals surface area contributed by atoms with Crippen molar-refractivity contribution in [1.29, 1.82) is 0 Å². The summed E-state index contributed by atoms with van der Waals surface area (Å²) in [5, 5.41) is 12.3. The fourth-order valence-electron chi connectivity index (χ4n) is 1.73. The van der Waals surface area contributed by atoms with Crippen LogP contribution in [0.2, 0.25) is 5.02 Å². The Labute approximate surface area is 117 Å². The van der Waals surface area contributed by atoms with Gasteiger partial charge < -0.3 is 10.4 Å². The molecule has 6 heteroatoms. The standard InChI is InChI=1S/C13H17ClN2O3/c1-3-13(4-2,12(18)19)8-16-11(17)10-6-5-9(14)7-15-10/h5-7H,3-4,8H2,1-2H3,(H,16,17)(H,18,19). The van der Waals surface area contributed by atoms with Gasteiger partial charge in [0.25, 0.3) is 5.91 Å². The molecular formula is C13H17ClN2O3. The second-order valence-corrected chi connectivity index (χ2v) is 4.77. The van der Waals surface area contributed by atoms with Gasteiger partial charge in [0, 0.05) is 12.7 Å². The SMILES string of the molecule is CCC(CC)(CNC(=O)c1ccc(Cl)cn1)C(=O)O. The number of carbonyl (C=O) groups excluding carboxylic acids is 1. The Hall–Kier alpha value is -1.62. The molecule has 0 aliphatic carbocycles. The number of rotatable bonds is 6. The number of aromatic nitrogens is 1. The number of amides is 1. The molecule has 5 nitrogen and oxygen atoms in total. The van der Waals surface area contributed by atoms with Crippen LogP contribution in [0.4, 0.5) is 0 Å². The zero-order valence-corrected chi connectivity index (χ0v) is 11.7. The van der Waals surface area contributed by atoms with Crippen LogP contribution in [-0.4, -0.2) is 28.5 Å². The number of hydrogen-bond donors (Lipinski definition) is 2. The lowest BCUT2D eigenvalue weighted by atomic mass is 9.82. The normalized spacial score (nSPS) is 11.1. The summed E-state index contributed by atoms with van der Waals surface area (Å²) in [6, 6.07) is 3.06. The van der Waals surface area contributed by atoms with Crippen molar-refractivity contribution in [2.45, 2.75) is 26.7 Å². The van der Waals surface area contributed by atoms with Crippen LogP contribution in [0.3, 0.4) is 0 Å². The minimum absolute atomic E-state index is 0.0818. The second-order valence-electron chi connectivity index (χ2n) is 4.34. The molecule has 0 radical (unpaired) electrons. The van der Waals surface area contributed by atoms with E-state index in [1.54, 1.807) is 19.9 Å². The van der Waals surface area contributed by atoms with E-state index in [2.05, 4.69) is 10.3 Å². The topological polar surface area (TPSA) is 79.3 Å². The average molecular weight is 285 g/mol. The van der Waals surface area contributed by atoms with Gasteiger partial charge in [-0.3, -0.25) is 9.59 Å². The summed E-state index contributed by atoms with van der Waals surface area (Å²) < 4.78 is 0. The van der Waals surface area contributed by atoms with Crippen molar-refractivity contribution >= 4 is 23.5 Å².